The zero-order chi connectivity index (χ0) is 17.5. The first kappa shape index (κ1) is 20.0. The van der Waals surface area contributed by atoms with Crippen LogP contribution in [0.1, 0.15) is 18.3 Å². The van der Waals surface area contributed by atoms with Crippen LogP contribution in [0.15, 0.2) is 53.7 Å². The van der Waals surface area contributed by atoms with Crippen molar-refractivity contribution in [2.45, 2.75) is 20.0 Å². The van der Waals surface area contributed by atoms with Crippen LogP contribution in [0.25, 0.3) is 5.65 Å². The van der Waals surface area contributed by atoms with Gasteiger partial charge in [0.25, 0.3) is 0 Å². The molecule has 7 nitrogen and oxygen atoms in total. The lowest BCUT2D eigenvalue weighted by molar-refractivity contribution is 0.336. The van der Waals surface area contributed by atoms with E-state index in [1.807, 2.05) is 60.0 Å². The second-order valence-corrected chi connectivity index (χ2v) is 5.37. The summed E-state index contributed by atoms with van der Waals surface area (Å²) in [6.07, 6.45) is 1.95. The van der Waals surface area contributed by atoms with Crippen LogP contribution < -0.4 is 15.4 Å². The van der Waals surface area contributed by atoms with Gasteiger partial charge >= 0.3 is 0 Å². The lowest BCUT2D eigenvalue weighted by atomic mass is 10.2. The molecule has 0 radical (unpaired) electrons. The molecule has 1 aromatic carbocycles. The molecule has 0 unspecified atom stereocenters. The van der Waals surface area contributed by atoms with Crippen molar-refractivity contribution in [3.05, 3.63) is 60.0 Å². The van der Waals surface area contributed by atoms with Crippen LogP contribution in [-0.2, 0) is 13.1 Å². The summed E-state index contributed by atoms with van der Waals surface area (Å²) in [5.41, 5.74) is 1.91. The fourth-order valence-electron chi connectivity index (χ4n) is 2.52. The molecule has 0 saturated carbocycles. The fourth-order valence-corrected chi connectivity index (χ4v) is 2.52. The van der Waals surface area contributed by atoms with Gasteiger partial charge in [0.2, 0.25) is 0 Å². The van der Waals surface area contributed by atoms with Crippen LogP contribution in [-0.4, -0.2) is 34.2 Å². The van der Waals surface area contributed by atoms with Crippen LogP contribution in [0.3, 0.4) is 0 Å². The van der Waals surface area contributed by atoms with Crippen molar-refractivity contribution >= 4 is 35.6 Å². The second kappa shape index (κ2) is 9.95. The molecule has 3 rings (SSSR count). The van der Waals surface area contributed by atoms with E-state index in [1.165, 1.54) is 0 Å². The number of hydrogen-bond donors (Lipinski definition) is 2. The molecule has 0 aliphatic carbocycles. The van der Waals surface area contributed by atoms with Gasteiger partial charge < -0.3 is 15.4 Å². The van der Waals surface area contributed by atoms with Gasteiger partial charge in [0.05, 0.1) is 13.2 Å². The third-order valence-corrected chi connectivity index (χ3v) is 3.74. The van der Waals surface area contributed by atoms with Crippen molar-refractivity contribution in [2.24, 2.45) is 4.99 Å². The minimum atomic E-state index is 0. The quantitative estimate of drug-likeness (QED) is 0.332. The van der Waals surface area contributed by atoms with E-state index in [-0.39, 0.29) is 24.0 Å². The van der Waals surface area contributed by atoms with E-state index < -0.39 is 0 Å². The van der Waals surface area contributed by atoms with E-state index in [0.717, 1.165) is 22.8 Å². The van der Waals surface area contributed by atoms with Gasteiger partial charge in [-0.3, -0.25) is 9.39 Å². The average Bonchev–Trinajstić information content (AvgIpc) is 3.06. The monoisotopic (exact) mass is 466 g/mol. The Kier molecular flexibility index (Phi) is 7.64. The molecular formula is C18H23IN6O. The minimum absolute atomic E-state index is 0. The van der Waals surface area contributed by atoms with Crippen LogP contribution in [0.5, 0.6) is 5.75 Å². The van der Waals surface area contributed by atoms with Crippen molar-refractivity contribution < 1.29 is 4.74 Å². The summed E-state index contributed by atoms with van der Waals surface area (Å²) in [5.74, 6) is 2.41. The lowest BCUT2D eigenvalue weighted by Gasteiger charge is -2.14. The molecule has 0 bridgehead atoms. The maximum absolute atomic E-state index is 5.65. The Labute approximate surface area is 169 Å². The SMILES string of the molecule is CCOc1ccccc1CNC(=NC)NCc1nnc2ccccn12.I. The van der Waals surface area contributed by atoms with Gasteiger partial charge in [-0.1, -0.05) is 24.3 Å². The number of rotatable bonds is 6. The van der Waals surface area contributed by atoms with Gasteiger partial charge in [-0.25, -0.2) is 0 Å². The number of hydrogen-bond acceptors (Lipinski definition) is 4. The number of para-hydroxylation sites is 1. The number of fused-ring (bicyclic) bond motifs is 1. The molecule has 138 valence electrons. The molecule has 0 atom stereocenters. The number of ether oxygens (including phenoxy) is 1. The van der Waals surface area contributed by atoms with E-state index in [9.17, 15) is 0 Å². The number of nitrogens with zero attached hydrogens (tertiary/aromatic N) is 4. The van der Waals surface area contributed by atoms with Crippen molar-refractivity contribution in [1.82, 2.24) is 25.2 Å². The topological polar surface area (TPSA) is 75.8 Å². The Bertz CT molecular complexity index is 864. The van der Waals surface area contributed by atoms with Crippen molar-refractivity contribution in [3.8, 4) is 5.75 Å². The van der Waals surface area contributed by atoms with Gasteiger partial charge in [0.15, 0.2) is 17.4 Å². The number of aliphatic imine (C=N–C) groups is 1. The summed E-state index contributed by atoms with van der Waals surface area (Å²) < 4.78 is 7.60. The standard InChI is InChI=1S/C18H22N6O.HI/c1-3-25-15-9-5-4-8-14(15)12-20-18(19-2)21-13-17-23-22-16-10-6-7-11-24(16)17;/h4-11H,3,12-13H2,1-2H3,(H2,19,20,21);1H. The highest BCUT2D eigenvalue weighted by atomic mass is 127. The Morgan fingerprint density at radius 3 is 2.65 bits per heavy atom. The maximum Gasteiger partial charge on any atom is 0.191 e. The summed E-state index contributed by atoms with van der Waals surface area (Å²) >= 11 is 0. The second-order valence-electron chi connectivity index (χ2n) is 5.37. The van der Waals surface area contributed by atoms with Crippen molar-refractivity contribution in [1.29, 1.82) is 0 Å². The first-order chi connectivity index (χ1) is 12.3. The molecule has 0 aliphatic rings. The summed E-state index contributed by atoms with van der Waals surface area (Å²) in [6.45, 7) is 3.77. The van der Waals surface area contributed by atoms with Crippen molar-refractivity contribution in [2.75, 3.05) is 13.7 Å². The zero-order valence-electron chi connectivity index (χ0n) is 14.8. The highest BCUT2D eigenvalue weighted by molar-refractivity contribution is 14.0. The molecule has 0 aliphatic heterocycles. The predicted octanol–water partition coefficient (Wildman–Crippen LogP) is 2.61. The average molecular weight is 466 g/mol. The summed E-state index contributed by atoms with van der Waals surface area (Å²) in [7, 11) is 1.74. The van der Waals surface area contributed by atoms with E-state index in [1.54, 1.807) is 7.05 Å². The first-order valence-corrected chi connectivity index (χ1v) is 8.25. The van der Waals surface area contributed by atoms with Crippen LogP contribution >= 0.6 is 24.0 Å². The van der Waals surface area contributed by atoms with Gasteiger partial charge in [-0.15, -0.1) is 34.2 Å². The number of nitrogens with one attached hydrogen (secondary N) is 2. The lowest BCUT2D eigenvalue weighted by Crippen LogP contribution is -2.36. The molecule has 3 aromatic rings. The van der Waals surface area contributed by atoms with Gasteiger partial charge in [-0.05, 0) is 25.1 Å². The molecule has 0 fully saturated rings. The molecule has 8 heteroatoms. The molecule has 0 saturated heterocycles. The smallest absolute Gasteiger partial charge is 0.191 e. The molecule has 26 heavy (non-hydrogen) atoms. The number of pyridine rings is 1. The molecule has 2 heterocycles. The number of benzene rings is 1. The molecular weight excluding hydrogens is 443 g/mol. The molecule has 2 N–H and O–H groups in total. The Morgan fingerprint density at radius 2 is 1.85 bits per heavy atom. The summed E-state index contributed by atoms with van der Waals surface area (Å²) in [5, 5.41) is 14.9. The third kappa shape index (κ3) is 4.84. The van der Waals surface area contributed by atoms with Crippen molar-refractivity contribution in [3.63, 3.8) is 0 Å². The van der Waals surface area contributed by atoms with E-state index >= 15 is 0 Å². The minimum Gasteiger partial charge on any atom is -0.494 e. The van der Waals surface area contributed by atoms with Gasteiger partial charge in [-0.2, -0.15) is 0 Å². The fraction of sp³-hybridized carbons (Fsp3) is 0.278. The molecule has 2 aromatic heterocycles. The largest absolute Gasteiger partial charge is 0.494 e. The van der Waals surface area contributed by atoms with Gasteiger partial charge in [0, 0.05) is 25.4 Å². The maximum atomic E-state index is 5.65. The number of aromatic nitrogens is 3. The normalized spacial score (nSPS) is 11.1. The zero-order valence-corrected chi connectivity index (χ0v) is 17.2. The highest BCUT2D eigenvalue weighted by Gasteiger charge is 2.07. The van der Waals surface area contributed by atoms with E-state index in [0.29, 0.717) is 25.7 Å². The third-order valence-electron chi connectivity index (χ3n) is 3.74. The van der Waals surface area contributed by atoms with Crippen LogP contribution in [0, 0.1) is 0 Å². The Balaban J connectivity index is 0.00000243. The van der Waals surface area contributed by atoms with E-state index in [2.05, 4.69) is 25.8 Å². The summed E-state index contributed by atoms with van der Waals surface area (Å²) in [4.78, 5) is 4.25. The van der Waals surface area contributed by atoms with E-state index in [4.69, 9.17) is 4.74 Å². The molecule has 0 amide bonds. The van der Waals surface area contributed by atoms with Crippen LogP contribution in [0.2, 0.25) is 0 Å². The molecule has 0 spiro atoms. The number of halogens is 1. The Hall–Kier alpha value is -2.36. The predicted molar refractivity (Wildman–Crippen MR) is 113 cm³/mol. The van der Waals surface area contributed by atoms with Gasteiger partial charge in [0.1, 0.15) is 5.75 Å². The first-order valence-electron chi connectivity index (χ1n) is 8.25. The Morgan fingerprint density at radius 1 is 1.08 bits per heavy atom. The highest BCUT2D eigenvalue weighted by Crippen LogP contribution is 2.17. The van der Waals surface area contributed by atoms with Crippen LogP contribution in [0.4, 0.5) is 0 Å². The number of guanidine groups is 1. The summed E-state index contributed by atoms with van der Waals surface area (Å²) in [6, 6.07) is 13.8.